The van der Waals surface area contributed by atoms with E-state index in [1.165, 1.54) is 103 Å². The van der Waals surface area contributed by atoms with Crippen LogP contribution in [0.15, 0.2) is 134 Å². The van der Waals surface area contributed by atoms with E-state index in [1.807, 2.05) is 0 Å². The summed E-state index contributed by atoms with van der Waals surface area (Å²) in [6, 6.07) is 0. The molecule has 1 atom stereocenters. The first-order valence-corrected chi connectivity index (χ1v) is 31.7. The molecule has 0 spiro atoms. The van der Waals surface area contributed by atoms with Gasteiger partial charge in [0.15, 0.2) is 6.10 Å². The Balaban J connectivity index is 4.34. The lowest BCUT2D eigenvalue weighted by Crippen LogP contribution is -2.30. The largest absolute Gasteiger partial charge is 0.462 e. The summed E-state index contributed by atoms with van der Waals surface area (Å²) >= 11 is 0. The third kappa shape index (κ3) is 62.3. The van der Waals surface area contributed by atoms with Gasteiger partial charge in [0.2, 0.25) is 0 Å². The lowest BCUT2D eigenvalue weighted by Gasteiger charge is -2.18. The van der Waals surface area contributed by atoms with Gasteiger partial charge in [-0.3, -0.25) is 14.4 Å². The van der Waals surface area contributed by atoms with E-state index in [9.17, 15) is 14.4 Å². The molecule has 0 rings (SSSR count). The summed E-state index contributed by atoms with van der Waals surface area (Å²) in [5.74, 6) is -0.949. The summed E-state index contributed by atoms with van der Waals surface area (Å²) in [4.78, 5) is 38.2. The van der Waals surface area contributed by atoms with Crippen LogP contribution in [0.1, 0.15) is 278 Å². The standard InChI is InChI=1S/C71H116O6/c1-4-7-10-13-16-19-22-25-27-28-29-30-31-32-33-34-35-36-37-38-39-40-41-42-43-44-45-47-49-52-55-58-61-64-70(73)76-67-68(66-75-69(72)63-60-57-54-51-48-24-21-18-15-12-9-6-3)77-71(74)65-62-59-56-53-50-46-26-23-20-17-14-11-8-5-2/h7,10,16,18-19,21,25,27,29-30,32-33,35-36,38-39,41-42,44-45,49,52,68H,4-6,8-9,11-15,17,20,22-24,26,28,31,34,37,40,43,46-48,50-51,53-67H2,1-3H3/b10-7-,19-16-,21-18-,27-25-,30-29-,33-32-,36-35-,39-38-,42-41-,45-44-,52-49-. The van der Waals surface area contributed by atoms with Crippen molar-refractivity contribution in [2.75, 3.05) is 13.2 Å². The number of hydrogen-bond donors (Lipinski definition) is 0. The molecule has 0 N–H and O–H groups in total. The van der Waals surface area contributed by atoms with E-state index < -0.39 is 6.10 Å². The smallest absolute Gasteiger partial charge is 0.306 e. The molecule has 0 aliphatic carbocycles. The van der Waals surface area contributed by atoms with E-state index in [0.29, 0.717) is 25.7 Å². The van der Waals surface area contributed by atoms with Crippen molar-refractivity contribution >= 4 is 17.9 Å². The third-order valence-corrected chi connectivity index (χ3v) is 13.1. The van der Waals surface area contributed by atoms with Crippen LogP contribution in [0.25, 0.3) is 0 Å². The van der Waals surface area contributed by atoms with Gasteiger partial charge in [0.1, 0.15) is 13.2 Å². The Kier molecular flexibility index (Phi) is 60.4. The normalized spacial score (nSPS) is 13.0. The summed E-state index contributed by atoms with van der Waals surface area (Å²) in [6.45, 7) is 6.46. The molecule has 0 heterocycles. The van der Waals surface area contributed by atoms with Crippen molar-refractivity contribution in [3.05, 3.63) is 134 Å². The fraction of sp³-hybridized carbons (Fsp3) is 0.648. The molecule has 0 amide bonds. The Morgan fingerprint density at radius 3 is 0.857 bits per heavy atom. The molecule has 436 valence electrons. The molecule has 0 aliphatic rings. The van der Waals surface area contributed by atoms with Crippen molar-refractivity contribution in [1.29, 1.82) is 0 Å². The monoisotopic (exact) mass is 1060 g/mol. The maximum Gasteiger partial charge on any atom is 0.306 e. The van der Waals surface area contributed by atoms with E-state index in [1.54, 1.807) is 0 Å². The van der Waals surface area contributed by atoms with E-state index in [0.717, 1.165) is 128 Å². The second kappa shape index (κ2) is 64.1. The average molecular weight is 1070 g/mol. The van der Waals surface area contributed by atoms with Gasteiger partial charge in [-0.25, -0.2) is 0 Å². The summed E-state index contributed by atoms with van der Waals surface area (Å²) in [6.07, 6.45) is 90.3. The first kappa shape index (κ1) is 72.5. The van der Waals surface area contributed by atoms with Gasteiger partial charge in [0.05, 0.1) is 0 Å². The fourth-order valence-corrected chi connectivity index (χ4v) is 8.41. The van der Waals surface area contributed by atoms with Crippen molar-refractivity contribution in [3.8, 4) is 0 Å². The zero-order chi connectivity index (χ0) is 55.7. The van der Waals surface area contributed by atoms with Crippen LogP contribution in [0, 0.1) is 0 Å². The number of carbonyl (C=O) groups excluding carboxylic acids is 3. The first-order valence-electron chi connectivity index (χ1n) is 31.7. The quantitative estimate of drug-likeness (QED) is 0.0261. The van der Waals surface area contributed by atoms with Crippen molar-refractivity contribution in [2.24, 2.45) is 0 Å². The molecule has 6 nitrogen and oxygen atoms in total. The maximum absolute atomic E-state index is 12.9. The Morgan fingerprint density at radius 1 is 0.273 bits per heavy atom. The molecule has 0 fully saturated rings. The fourth-order valence-electron chi connectivity index (χ4n) is 8.41. The van der Waals surface area contributed by atoms with Crippen LogP contribution in [0.5, 0.6) is 0 Å². The van der Waals surface area contributed by atoms with E-state index in [4.69, 9.17) is 14.2 Å². The SMILES string of the molecule is CC/C=C\C/C=C\C/C=C\C/C=C\C/C=C\C/C=C\C/C=C\C/C=C\C/C=C\C/C=C\CCCCC(=O)OCC(COC(=O)CCCCCCC/C=C\CCCCC)OC(=O)CCCCCCCCCCCCCCCC. The van der Waals surface area contributed by atoms with E-state index >= 15 is 0 Å². The van der Waals surface area contributed by atoms with Crippen LogP contribution in [0.4, 0.5) is 0 Å². The summed E-state index contributed by atoms with van der Waals surface area (Å²) in [7, 11) is 0. The maximum atomic E-state index is 12.9. The minimum atomic E-state index is -0.801. The van der Waals surface area contributed by atoms with Gasteiger partial charge in [-0.05, 0) is 122 Å². The molecule has 0 aromatic carbocycles. The van der Waals surface area contributed by atoms with E-state index in [2.05, 4.69) is 154 Å². The molecule has 0 saturated carbocycles. The molecule has 0 aromatic heterocycles. The molecule has 0 radical (unpaired) electrons. The van der Waals surface area contributed by atoms with Gasteiger partial charge >= 0.3 is 17.9 Å². The summed E-state index contributed by atoms with van der Waals surface area (Å²) in [5, 5.41) is 0. The Labute approximate surface area is 475 Å². The second-order valence-electron chi connectivity index (χ2n) is 20.6. The van der Waals surface area contributed by atoms with Gasteiger partial charge in [-0.15, -0.1) is 0 Å². The zero-order valence-corrected chi connectivity index (χ0v) is 49.9. The first-order chi connectivity index (χ1) is 38.0. The third-order valence-electron chi connectivity index (χ3n) is 13.1. The van der Waals surface area contributed by atoms with Crippen LogP contribution in [-0.2, 0) is 28.6 Å². The van der Waals surface area contributed by atoms with Gasteiger partial charge < -0.3 is 14.2 Å². The second-order valence-corrected chi connectivity index (χ2v) is 20.6. The highest BCUT2D eigenvalue weighted by Gasteiger charge is 2.19. The summed E-state index contributed by atoms with van der Waals surface area (Å²) < 4.78 is 16.8. The van der Waals surface area contributed by atoms with Crippen molar-refractivity contribution in [3.63, 3.8) is 0 Å². The van der Waals surface area contributed by atoms with Crippen LogP contribution in [0.3, 0.4) is 0 Å². The number of ether oxygens (including phenoxy) is 3. The van der Waals surface area contributed by atoms with Crippen LogP contribution in [-0.4, -0.2) is 37.2 Å². The average Bonchev–Trinajstić information content (AvgIpc) is 3.43. The number of carbonyl (C=O) groups is 3. The molecule has 1 unspecified atom stereocenters. The highest BCUT2D eigenvalue weighted by atomic mass is 16.6. The van der Waals surface area contributed by atoms with Crippen LogP contribution in [0.2, 0.25) is 0 Å². The van der Waals surface area contributed by atoms with Gasteiger partial charge in [-0.2, -0.15) is 0 Å². The van der Waals surface area contributed by atoms with Gasteiger partial charge in [0.25, 0.3) is 0 Å². The topological polar surface area (TPSA) is 78.9 Å². The minimum absolute atomic E-state index is 0.0969. The van der Waals surface area contributed by atoms with Crippen LogP contribution < -0.4 is 0 Å². The lowest BCUT2D eigenvalue weighted by atomic mass is 10.0. The van der Waals surface area contributed by atoms with Gasteiger partial charge in [0, 0.05) is 19.3 Å². The van der Waals surface area contributed by atoms with Gasteiger partial charge in [-0.1, -0.05) is 270 Å². The predicted octanol–water partition coefficient (Wildman–Crippen LogP) is 21.8. The van der Waals surface area contributed by atoms with Crippen molar-refractivity contribution in [2.45, 2.75) is 284 Å². The minimum Gasteiger partial charge on any atom is -0.462 e. The highest BCUT2D eigenvalue weighted by molar-refractivity contribution is 5.71. The van der Waals surface area contributed by atoms with Crippen LogP contribution >= 0.6 is 0 Å². The summed E-state index contributed by atoms with van der Waals surface area (Å²) in [5.41, 5.74) is 0. The lowest BCUT2D eigenvalue weighted by molar-refractivity contribution is -0.167. The molecule has 77 heavy (non-hydrogen) atoms. The molecular formula is C71H116O6. The van der Waals surface area contributed by atoms with Crippen molar-refractivity contribution < 1.29 is 28.6 Å². The molecular weight excluding hydrogens is 949 g/mol. The number of hydrogen-bond acceptors (Lipinski definition) is 6. The number of rotatable bonds is 56. The molecule has 0 saturated heterocycles. The Hall–Kier alpha value is -4.45. The highest BCUT2D eigenvalue weighted by Crippen LogP contribution is 2.15. The number of esters is 3. The Morgan fingerprint density at radius 2 is 0.506 bits per heavy atom. The molecule has 6 heteroatoms. The molecule has 0 aliphatic heterocycles. The zero-order valence-electron chi connectivity index (χ0n) is 49.9. The number of unbranched alkanes of at least 4 members (excludes halogenated alkanes) is 23. The van der Waals surface area contributed by atoms with Crippen molar-refractivity contribution in [1.82, 2.24) is 0 Å². The predicted molar refractivity (Wildman–Crippen MR) is 334 cm³/mol. The Bertz CT molecular complexity index is 1650. The van der Waals surface area contributed by atoms with E-state index in [-0.39, 0.29) is 31.1 Å². The number of allylic oxidation sites excluding steroid dienone is 22. The molecule has 0 aromatic rings. The molecule has 0 bridgehead atoms.